The van der Waals surface area contributed by atoms with Crippen molar-refractivity contribution < 1.29 is 14.6 Å². The fraction of sp³-hybridized carbons (Fsp3) is 0.300. The average molecular weight is 803 g/mol. The van der Waals surface area contributed by atoms with E-state index in [0.29, 0.717) is 36.2 Å². The summed E-state index contributed by atoms with van der Waals surface area (Å²) in [5.74, 6) is 1.55. The number of likely N-dealkylation sites (tertiary alicyclic amines) is 1. The zero-order valence-corrected chi connectivity index (χ0v) is 34.3. The number of aromatic nitrogens is 4. The third-order valence-electron chi connectivity index (χ3n) is 11.8. The van der Waals surface area contributed by atoms with Gasteiger partial charge in [-0.15, -0.1) is 0 Å². The van der Waals surface area contributed by atoms with E-state index in [9.17, 15) is 9.90 Å². The average Bonchev–Trinajstić information content (AvgIpc) is 3.78. The number of benzene rings is 5. The van der Waals surface area contributed by atoms with E-state index in [1.165, 1.54) is 11.1 Å². The Morgan fingerprint density at radius 1 is 0.800 bits per heavy atom. The van der Waals surface area contributed by atoms with Gasteiger partial charge in [-0.1, -0.05) is 121 Å². The Kier molecular flexibility index (Phi) is 13.2. The van der Waals surface area contributed by atoms with Crippen LogP contribution < -0.4 is 15.6 Å². The van der Waals surface area contributed by atoms with Crippen LogP contribution in [0.3, 0.4) is 0 Å². The smallest absolute Gasteiger partial charge is 0.248 e. The monoisotopic (exact) mass is 802 g/mol. The molecule has 10 heteroatoms. The molecule has 0 aliphatic carbocycles. The maximum Gasteiger partial charge on any atom is 0.248 e. The largest absolute Gasteiger partial charge is 0.487 e. The number of H-pyrrole nitrogens is 1. The fourth-order valence-electron chi connectivity index (χ4n) is 8.32. The number of piperidine rings is 1. The van der Waals surface area contributed by atoms with Crippen molar-refractivity contribution in [1.82, 2.24) is 30.0 Å². The molecule has 7 aromatic rings. The zero-order chi connectivity index (χ0) is 41.2. The molecule has 2 aromatic heterocycles. The third kappa shape index (κ3) is 9.75. The first kappa shape index (κ1) is 40.9. The van der Waals surface area contributed by atoms with E-state index in [1.54, 1.807) is 19.5 Å². The highest BCUT2D eigenvalue weighted by Crippen LogP contribution is 2.35. The number of aliphatic hydroxyl groups is 1. The van der Waals surface area contributed by atoms with E-state index in [2.05, 4.69) is 44.5 Å². The second-order valence-electron chi connectivity index (χ2n) is 15.8. The molecule has 3 N–H and O–H groups in total. The van der Waals surface area contributed by atoms with E-state index in [-0.39, 0.29) is 11.7 Å². The van der Waals surface area contributed by atoms with Crippen molar-refractivity contribution in [1.29, 1.82) is 0 Å². The minimum atomic E-state index is -1.42. The normalized spacial score (nSPS) is 14.4. The van der Waals surface area contributed by atoms with Crippen LogP contribution in [-0.4, -0.2) is 69.6 Å². The van der Waals surface area contributed by atoms with E-state index in [1.807, 2.05) is 114 Å². The van der Waals surface area contributed by atoms with Gasteiger partial charge in [-0.3, -0.25) is 9.48 Å². The lowest BCUT2D eigenvalue weighted by molar-refractivity contribution is 0.104. The van der Waals surface area contributed by atoms with E-state index in [0.717, 1.165) is 86.0 Å². The van der Waals surface area contributed by atoms with Gasteiger partial charge in [0, 0.05) is 38.2 Å². The lowest BCUT2D eigenvalue weighted by Crippen LogP contribution is -2.36. The molecule has 1 atom stereocenters. The van der Waals surface area contributed by atoms with Gasteiger partial charge in [0.05, 0.1) is 11.6 Å². The summed E-state index contributed by atoms with van der Waals surface area (Å²) in [5.41, 5.74) is 5.30. The van der Waals surface area contributed by atoms with Gasteiger partial charge in [0.2, 0.25) is 5.56 Å². The molecule has 0 spiro atoms. The first-order valence-corrected chi connectivity index (χ1v) is 21.1. The summed E-state index contributed by atoms with van der Waals surface area (Å²) in [6, 6.07) is 45.7. The number of aromatic amines is 1. The third-order valence-corrected chi connectivity index (χ3v) is 11.8. The van der Waals surface area contributed by atoms with Gasteiger partial charge in [0.15, 0.2) is 11.4 Å². The van der Waals surface area contributed by atoms with Crippen LogP contribution in [0.4, 0.5) is 0 Å². The molecule has 1 aliphatic rings. The highest BCUT2D eigenvalue weighted by Gasteiger charge is 2.38. The molecule has 0 amide bonds. The van der Waals surface area contributed by atoms with Crippen molar-refractivity contribution in [3.8, 4) is 5.75 Å². The second-order valence-corrected chi connectivity index (χ2v) is 15.8. The highest BCUT2D eigenvalue weighted by atomic mass is 16.5. The SMILES string of the molecule is CO[C@@H](CNCCc1ccc(CCN2CCC(Cn3cnc(C(O)(c4ccccc4)c4ccccc4)n3)CC2)cc1)c1ccc(OCc2ccccc2)c2[nH]c(=O)ccc12. The number of fused-ring (bicyclic) bond motifs is 1. The van der Waals surface area contributed by atoms with Gasteiger partial charge < -0.3 is 29.8 Å². The number of hydrogen-bond acceptors (Lipinski definition) is 8. The Balaban J connectivity index is 0.778. The molecule has 1 fully saturated rings. The molecule has 0 radical (unpaired) electrons. The topological polar surface area (TPSA) is 118 Å². The van der Waals surface area contributed by atoms with Crippen molar-refractivity contribution >= 4 is 10.9 Å². The number of methoxy groups -OCH3 is 1. The minimum absolute atomic E-state index is 0.169. The van der Waals surface area contributed by atoms with Crippen LogP contribution >= 0.6 is 0 Å². The van der Waals surface area contributed by atoms with E-state index < -0.39 is 5.60 Å². The predicted octanol–water partition coefficient (Wildman–Crippen LogP) is 7.46. The van der Waals surface area contributed by atoms with Crippen LogP contribution in [0.1, 0.15) is 58.2 Å². The molecular weight excluding hydrogens is 749 g/mol. The molecule has 0 bridgehead atoms. The van der Waals surface area contributed by atoms with Gasteiger partial charge in [-0.05, 0) is 96.7 Å². The van der Waals surface area contributed by atoms with Crippen molar-refractivity contribution in [2.75, 3.05) is 39.8 Å². The summed E-state index contributed by atoms with van der Waals surface area (Å²) in [4.78, 5) is 22.5. The Morgan fingerprint density at radius 2 is 1.45 bits per heavy atom. The van der Waals surface area contributed by atoms with Crippen LogP contribution in [-0.2, 0) is 36.3 Å². The van der Waals surface area contributed by atoms with Gasteiger partial charge in [-0.25, -0.2) is 4.98 Å². The Hall–Kier alpha value is -5.91. The van der Waals surface area contributed by atoms with Crippen molar-refractivity contribution in [2.24, 2.45) is 5.92 Å². The number of nitrogens with one attached hydrogen (secondary N) is 2. The van der Waals surface area contributed by atoms with E-state index >= 15 is 0 Å². The number of ether oxygens (including phenoxy) is 2. The minimum Gasteiger partial charge on any atom is -0.487 e. The van der Waals surface area contributed by atoms with Crippen LogP contribution in [0.2, 0.25) is 0 Å². The molecule has 308 valence electrons. The quantitative estimate of drug-likeness (QED) is 0.0767. The van der Waals surface area contributed by atoms with E-state index in [4.69, 9.17) is 14.6 Å². The predicted molar refractivity (Wildman–Crippen MR) is 236 cm³/mol. The molecule has 8 rings (SSSR count). The van der Waals surface area contributed by atoms with Crippen molar-refractivity contribution in [3.05, 3.63) is 195 Å². The van der Waals surface area contributed by atoms with Gasteiger partial charge in [0.1, 0.15) is 18.7 Å². The summed E-state index contributed by atoms with van der Waals surface area (Å²) in [5, 5.41) is 21.4. The summed E-state index contributed by atoms with van der Waals surface area (Å²) in [7, 11) is 1.72. The van der Waals surface area contributed by atoms with Crippen molar-refractivity contribution in [2.45, 2.75) is 50.5 Å². The Morgan fingerprint density at radius 3 is 2.12 bits per heavy atom. The molecule has 1 saturated heterocycles. The fourth-order valence-corrected chi connectivity index (χ4v) is 8.32. The molecule has 0 unspecified atom stereocenters. The maximum atomic E-state index is 12.3. The summed E-state index contributed by atoms with van der Waals surface area (Å²) in [6.45, 7) is 5.83. The van der Waals surface area contributed by atoms with Crippen molar-refractivity contribution in [3.63, 3.8) is 0 Å². The Labute approximate surface area is 351 Å². The van der Waals surface area contributed by atoms with Gasteiger partial charge >= 0.3 is 0 Å². The molecule has 1 aliphatic heterocycles. The number of nitrogens with zero attached hydrogens (tertiary/aromatic N) is 4. The summed E-state index contributed by atoms with van der Waals surface area (Å²) < 4.78 is 14.0. The number of rotatable bonds is 18. The number of pyridine rings is 1. The summed E-state index contributed by atoms with van der Waals surface area (Å²) in [6.07, 6.45) is 5.72. The standard InChI is InChI=1S/C50H54N6O4/c1-59-46(43-21-23-45(48-44(43)22-24-47(57)53-48)60-35-40-11-5-2-6-12-40)33-51-29-25-37-17-19-38(20-18-37)26-30-55-31-27-39(28-32-55)34-56-36-52-49(54-56)50(58,41-13-7-3-8-14-41)42-15-9-4-10-16-42/h2-24,36,39,46,51,58H,25-35H2,1H3,(H,53,57)/t46-/m0/s1. The first-order valence-electron chi connectivity index (χ1n) is 21.1. The highest BCUT2D eigenvalue weighted by molar-refractivity contribution is 5.87. The molecule has 10 nitrogen and oxygen atoms in total. The second kappa shape index (κ2) is 19.4. The zero-order valence-electron chi connectivity index (χ0n) is 34.3. The van der Waals surface area contributed by atoms with Crippen LogP contribution in [0.5, 0.6) is 5.75 Å². The first-order chi connectivity index (χ1) is 29.5. The lowest BCUT2D eigenvalue weighted by atomic mass is 9.86. The molecule has 5 aromatic carbocycles. The molecule has 60 heavy (non-hydrogen) atoms. The molecule has 0 saturated carbocycles. The van der Waals surface area contributed by atoms with Crippen LogP contribution in [0.25, 0.3) is 10.9 Å². The molecular formula is C50H54N6O4. The maximum absolute atomic E-state index is 12.3. The van der Waals surface area contributed by atoms with Gasteiger partial charge in [0.25, 0.3) is 0 Å². The lowest BCUT2D eigenvalue weighted by Gasteiger charge is -2.32. The van der Waals surface area contributed by atoms with Crippen LogP contribution in [0.15, 0.2) is 151 Å². The number of hydrogen-bond donors (Lipinski definition) is 3. The molecule has 3 heterocycles. The van der Waals surface area contributed by atoms with Gasteiger partial charge in [-0.2, -0.15) is 5.10 Å². The van der Waals surface area contributed by atoms with Crippen LogP contribution in [0, 0.1) is 5.92 Å². The summed E-state index contributed by atoms with van der Waals surface area (Å²) >= 11 is 0. The Bertz CT molecular complexity index is 2430.